The summed E-state index contributed by atoms with van der Waals surface area (Å²) in [6.07, 6.45) is 0. The molecular formula is C14H14S2. The summed E-state index contributed by atoms with van der Waals surface area (Å²) in [5, 5.41) is 0. The highest BCUT2D eigenvalue weighted by Crippen LogP contribution is 2.28. The van der Waals surface area contributed by atoms with Gasteiger partial charge in [-0.15, -0.1) is 0 Å². The Hall–Kier alpha value is -0.860. The molecule has 2 heteroatoms. The lowest BCUT2D eigenvalue weighted by molar-refractivity contribution is 1.29. The smallest absolute Gasteiger partial charge is 0.0163 e. The molecule has 0 aliphatic carbocycles. The molecule has 0 aliphatic heterocycles. The molecule has 2 aromatic rings. The molecule has 0 saturated carbocycles. The molecule has 0 saturated heterocycles. The Bertz CT molecular complexity index is 463. The van der Waals surface area contributed by atoms with E-state index in [9.17, 15) is 0 Å². The highest BCUT2D eigenvalue weighted by atomic mass is 32.1. The van der Waals surface area contributed by atoms with Crippen molar-refractivity contribution in [3.63, 3.8) is 0 Å². The molecule has 2 rings (SSSR count). The second-order valence-electron chi connectivity index (χ2n) is 3.63. The van der Waals surface area contributed by atoms with Gasteiger partial charge in [-0.1, -0.05) is 48.5 Å². The van der Waals surface area contributed by atoms with Gasteiger partial charge in [0.1, 0.15) is 0 Å². The van der Waals surface area contributed by atoms with E-state index in [2.05, 4.69) is 67.7 Å². The van der Waals surface area contributed by atoms with Crippen LogP contribution in [0.15, 0.2) is 48.5 Å². The fraction of sp³-hybridized carbons (Fsp3) is 0.143. The van der Waals surface area contributed by atoms with Crippen LogP contribution in [0.1, 0.15) is 11.1 Å². The Labute approximate surface area is 108 Å². The lowest BCUT2D eigenvalue weighted by Gasteiger charge is -2.11. The summed E-state index contributed by atoms with van der Waals surface area (Å²) < 4.78 is 0. The van der Waals surface area contributed by atoms with Crippen LogP contribution in [0.4, 0.5) is 0 Å². The normalized spacial score (nSPS) is 10.4. The Morgan fingerprint density at radius 1 is 0.750 bits per heavy atom. The van der Waals surface area contributed by atoms with Crippen molar-refractivity contribution < 1.29 is 0 Å². The minimum absolute atomic E-state index is 0.751. The lowest BCUT2D eigenvalue weighted by atomic mass is 9.97. The third-order valence-corrected chi connectivity index (χ3v) is 3.34. The molecular weight excluding hydrogens is 232 g/mol. The van der Waals surface area contributed by atoms with Gasteiger partial charge in [-0.25, -0.2) is 0 Å². The second-order valence-corrected chi connectivity index (χ2v) is 4.26. The van der Waals surface area contributed by atoms with Crippen molar-refractivity contribution in [3.8, 4) is 11.1 Å². The van der Waals surface area contributed by atoms with Gasteiger partial charge in [-0.2, -0.15) is 25.3 Å². The van der Waals surface area contributed by atoms with Crippen molar-refractivity contribution in [2.24, 2.45) is 0 Å². The van der Waals surface area contributed by atoms with Crippen LogP contribution in [0.5, 0.6) is 0 Å². The number of thiol groups is 2. The molecule has 16 heavy (non-hydrogen) atoms. The van der Waals surface area contributed by atoms with Crippen LogP contribution >= 0.6 is 25.3 Å². The predicted molar refractivity (Wildman–Crippen MR) is 77.3 cm³/mol. The average Bonchev–Trinajstić information content (AvgIpc) is 2.38. The van der Waals surface area contributed by atoms with Crippen LogP contribution in [0.2, 0.25) is 0 Å². The number of hydrogen-bond acceptors (Lipinski definition) is 2. The average molecular weight is 246 g/mol. The minimum atomic E-state index is 0.751. The zero-order chi connectivity index (χ0) is 11.4. The van der Waals surface area contributed by atoms with Gasteiger partial charge in [0.05, 0.1) is 0 Å². The molecule has 0 spiro atoms. The third kappa shape index (κ3) is 2.28. The van der Waals surface area contributed by atoms with Crippen molar-refractivity contribution in [2.75, 3.05) is 0 Å². The Kier molecular flexibility index (Phi) is 3.97. The van der Waals surface area contributed by atoms with Gasteiger partial charge in [-0.3, -0.25) is 0 Å². The van der Waals surface area contributed by atoms with Gasteiger partial charge in [0.25, 0.3) is 0 Å². The van der Waals surface area contributed by atoms with Crippen LogP contribution in [0.25, 0.3) is 11.1 Å². The maximum atomic E-state index is 4.42. The van der Waals surface area contributed by atoms with Crippen molar-refractivity contribution in [1.29, 1.82) is 0 Å². The molecule has 82 valence electrons. The van der Waals surface area contributed by atoms with E-state index in [1.165, 1.54) is 22.3 Å². The zero-order valence-electron chi connectivity index (χ0n) is 8.93. The number of rotatable bonds is 3. The quantitative estimate of drug-likeness (QED) is 0.745. The minimum Gasteiger partial charge on any atom is -0.175 e. The van der Waals surface area contributed by atoms with E-state index in [4.69, 9.17) is 0 Å². The molecule has 0 aromatic heterocycles. The Morgan fingerprint density at radius 3 is 2.12 bits per heavy atom. The van der Waals surface area contributed by atoms with Gasteiger partial charge in [0.15, 0.2) is 0 Å². The highest BCUT2D eigenvalue weighted by molar-refractivity contribution is 7.79. The van der Waals surface area contributed by atoms with E-state index in [1.807, 2.05) is 6.07 Å². The summed E-state index contributed by atoms with van der Waals surface area (Å²) in [5.41, 5.74) is 5.06. The molecule has 0 N–H and O–H groups in total. The van der Waals surface area contributed by atoms with Gasteiger partial charge in [0.2, 0.25) is 0 Å². The molecule has 0 radical (unpaired) electrons. The largest absolute Gasteiger partial charge is 0.175 e. The summed E-state index contributed by atoms with van der Waals surface area (Å²) in [7, 11) is 0. The summed E-state index contributed by atoms with van der Waals surface area (Å²) >= 11 is 8.78. The molecule has 2 aromatic carbocycles. The Balaban J connectivity index is 2.57. The Morgan fingerprint density at radius 2 is 1.50 bits per heavy atom. The van der Waals surface area contributed by atoms with Crippen LogP contribution < -0.4 is 0 Å². The molecule has 0 aliphatic rings. The lowest BCUT2D eigenvalue weighted by Crippen LogP contribution is -1.92. The fourth-order valence-corrected chi connectivity index (χ4v) is 2.53. The van der Waals surface area contributed by atoms with Crippen LogP contribution in [-0.2, 0) is 11.5 Å². The van der Waals surface area contributed by atoms with Gasteiger partial charge < -0.3 is 0 Å². The monoisotopic (exact) mass is 246 g/mol. The summed E-state index contributed by atoms with van der Waals surface area (Å²) in [4.78, 5) is 0. The van der Waals surface area contributed by atoms with Crippen LogP contribution in [0.3, 0.4) is 0 Å². The first kappa shape index (κ1) is 11.6. The van der Waals surface area contributed by atoms with Crippen molar-refractivity contribution in [3.05, 3.63) is 59.7 Å². The van der Waals surface area contributed by atoms with Gasteiger partial charge >= 0.3 is 0 Å². The van der Waals surface area contributed by atoms with Gasteiger partial charge in [-0.05, 0) is 22.3 Å². The predicted octanol–water partition coefficient (Wildman–Crippen LogP) is 4.21. The molecule has 0 heterocycles. The van der Waals surface area contributed by atoms with Gasteiger partial charge in [0, 0.05) is 11.5 Å². The topological polar surface area (TPSA) is 0 Å². The first-order valence-corrected chi connectivity index (χ1v) is 6.51. The second kappa shape index (κ2) is 5.46. The first-order valence-electron chi connectivity index (χ1n) is 5.24. The van der Waals surface area contributed by atoms with E-state index >= 15 is 0 Å². The summed E-state index contributed by atoms with van der Waals surface area (Å²) in [6, 6.07) is 16.8. The van der Waals surface area contributed by atoms with Crippen LogP contribution in [0, 0.1) is 0 Å². The first-order chi connectivity index (χ1) is 7.86. The number of hydrogen-bond donors (Lipinski definition) is 2. The molecule has 0 unspecified atom stereocenters. The van der Waals surface area contributed by atoms with Crippen molar-refractivity contribution in [1.82, 2.24) is 0 Å². The molecule has 0 fully saturated rings. The van der Waals surface area contributed by atoms with E-state index in [0.717, 1.165) is 11.5 Å². The SMILES string of the molecule is SCc1cccc(-c2ccccc2)c1CS. The zero-order valence-corrected chi connectivity index (χ0v) is 10.7. The maximum Gasteiger partial charge on any atom is 0.0163 e. The van der Waals surface area contributed by atoms with Crippen molar-refractivity contribution in [2.45, 2.75) is 11.5 Å². The van der Waals surface area contributed by atoms with Crippen LogP contribution in [-0.4, -0.2) is 0 Å². The standard InChI is InChI=1S/C14H14S2/c15-9-12-7-4-8-13(14(12)10-16)11-5-2-1-3-6-11/h1-8,15-16H,9-10H2. The number of benzene rings is 2. The molecule has 0 nitrogen and oxygen atoms in total. The third-order valence-electron chi connectivity index (χ3n) is 2.69. The maximum absolute atomic E-state index is 4.42. The highest BCUT2D eigenvalue weighted by Gasteiger charge is 2.07. The van der Waals surface area contributed by atoms with E-state index in [1.54, 1.807) is 0 Å². The van der Waals surface area contributed by atoms with E-state index in [0.29, 0.717) is 0 Å². The summed E-state index contributed by atoms with van der Waals surface area (Å²) in [6.45, 7) is 0. The van der Waals surface area contributed by atoms with E-state index in [-0.39, 0.29) is 0 Å². The molecule has 0 bridgehead atoms. The molecule has 0 amide bonds. The van der Waals surface area contributed by atoms with Crippen molar-refractivity contribution >= 4 is 25.3 Å². The molecule has 0 atom stereocenters. The summed E-state index contributed by atoms with van der Waals surface area (Å²) in [5.74, 6) is 1.51. The fourth-order valence-electron chi connectivity index (χ4n) is 1.86. The van der Waals surface area contributed by atoms with E-state index < -0.39 is 0 Å².